The molecule has 0 saturated heterocycles. The normalized spacial score (nSPS) is 10.4. The van der Waals surface area contributed by atoms with Gasteiger partial charge in [0.25, 0.3) is 0 Å². The number of aromatic nitrogens is 2. The summed E-state index contributed by atoms with van der Waals surface area (Å²) in [5, 5.41) is -0.207. The summed E-state index contributed by atoms with van der Waals surface area (Å²) in [6, 6.07) is 22.0. The first-order valence-corrected chi connectivity index (χ1v) is 12.3. The molecule has 0 spiro atoms. The third-order valence-corrected chi connectivity index (χ3v) is 6.49. The molecule has 0 N–H and O–H groups in total. The zero-order chi connectivity index (χ0) is 25.7. The first-order chi connectivity index (χ1) is 16.8. The van der Waals surface area contributed by atoms with Crippen LogP contribution in [-0.2, 0) is 20.9 Å². The van der Waals surface area contributed by atoms with Crippen LogP contribution in [0.1, 0.15) is 28.1 Å². The van der Waals surface area contributed by atoms with Crippen molar-refractivity contribution in [1.82, 2.24) is 9.97 Å². The third kappa shape index (κ3) is 10.5. The van der Waals surface area contributed by atoms with E-state index >= 15 is 0 Å². The molecule has 2 aromatic heterocycles. The molecule has 4 aromatic rings. The number of halogens is 1. The van der Waals surface area contributed by atoms with Gasteiger partial charge in [-0.3, -0.25) is 13.8 Å². The van der Waals surface area contributed by atoms with Crippen molar-refractivity contribution in [3.63, 3.8) is 0 Å². The molecule has 0 fully saturated rings. The van der Waals surface area contributed by atoms with Crippen molar-refractivity contribution in [2.45, 2.75) is 22.2 Å². The molecule has 2 aromatic carbocycles. The summed E-state index contributed by atoms with van der Waals surface area (Å²) in [6.07, 6.45) is 3.57. The fraction of sp³-hybridized carbons (Fsp3) is 0.0400. The number of hydrogen-bond donors (Lipinski definition) is 0. The predicted molar refractivity (Wildman–Crippen MR) is 131 cm³/mol. The standard InChI is InChI=1S/C12H9NO3S.C6H4FNO.C6H6O2S.CH4.Na/c14-9-10-5-4-8-13-12(10)17(15,16)11-6-2-1-3-7-11;7-6-5(4-9)2-1-3-8-6;7-9(8)6-4-2-1-3-5-6;;/h1-9H;1-4H;1-5H,(H,7,8);1H4;/q;;;;+1/p-1. The van der Waals surface area contributed by atoms with Crippen molar-refractivity contribution in [2.75, 3.05) is 0 Å². The topological polar surface area (TPSA) is 134 Å². The van der Waals surface area contributed by atoms with Crippen LogP contribution in [0.5, 0.6) is 0 Å². The molecule has 0 amide bonds. The largest absolute Gasteiger partial charge is 1.00 e. The van der Waals surface area contributed by atoms with Crippen LogP contribution in [0.15, 0.2) is 112 Å². The maximum absolute atomic E-state index is 12.2. The Kier molecular flexibility index (Phi) is 16.1. The minimum absolute atomic E-state index is 0. The average Bonchev–Trinajstić information content (AvgIpc) is 2.90. The van der Waals surface area contributed by atoms with E-state index in [1.54, 1.807) is 48.5 Å². The number of rotatable bonds is 5. The molecule has 0 saturated carbocycles. The SMILES string of the molecule is C.O=Cc1cccnc1F.O=Cc1cccnc1S(=O)(=O)c1ccccc1.O=S([O-])c1ccccc1.[Na+]. The van der Waals surface area contributed by atoms with Crippen LogP contribution in [0.4, 0.5) is 4.39 Å². The maximum atomic E-state index is 12.2. The molecule has 8 nitrogen and oxygen atoms in total. The summed E-state index contributed by atoms with van der Waals surface area (Å²) in [5.74, 6) is -0.715. The van der Waals surface area contributed by atoms with Crippen LogP contribution < -0.4 is 29.6 Å². The van der Waals surface area contributed by atoms with Crippen LogP contribution in [-0.4, -0.2) is 39.7 Å². The van der Waals surface area contributed by atoms with E-state index in [4.69, 9.17) is 0 Å². The minimum Gasteiger partial charge on any atom is -0.768 e. The van der Waals surface area contributed by atoms with Gasteiger partial charge in [-0.05, 0) is 59.6 Å². The molecule has 12 heteroatoms. The van der Waals surface area contributed by atoms with E-state index in [1.165, 1.54) is 48.8 Å². The molecule has 4 rings (SSSR count). The van der Waals surface area contributed by atoms with Crippen molar-refractivity contribution >= 4 is 33.5 Å². The van der Waals surface area contributed by atoms with E-state index < -0.39 is 26.9 Å². The fourth-order valence-electron chi connectivity index (χ4n) is 2.45. The van der Waals surface area contributed by atoms with Gasteiger partial charge >= 0.3 is 29.6 Å². The van der Waals surface area contributed by atoms with Gasteiger partial charge in [0.05, 0.1) is 16.0 Å². The molecule has 0 aliphatic carbocycles. The summed E-state index contributed by atoms with van der Waals surface area (Å²) >= 11 is -2.08. The van der Waals surface area contributed by atoms with Crippen molar-refractivity contribution < 1.29 is 60.7 Å². The average molecular weight is 553 g/mol. The Morgan fingerprint density at radius 1 is 0.757 bits per heavy atom. The van der Waals surface area contributed by atoms with Gasteiger partial charge in [0, 0.05) is 17.3 Å². The molecular formula is C25H22FN2NaO6S2. The number of sulfone groups is 1. The van der Waals surface area contributed by atoms with Gasteiger partial charge in [0.1, 0.15) is 0 Å². The van der Waals surface area contributed by atoms with Crippen LogP contribution in [0.2, 0.25) is 0 Å². The predicted octanol–water partition coefficient (Wildman–Crippen LogP) is 1.32. The Labute approximate surface area is 239 Å². The summed E-state index contributed by atoms with van der Waals surface area (Å²) in [4.78, 5) is 28.2. The quantitative estimate of drug-likeness (QED) is 0.157. The Hall–Kier alpha value is -2.93. The number of nitrogens with zero attached hydrogens (tertiary/aromatic N) is 2. The first kappa shape index (κ1) is 34.1. The molecule has 0 aliphatic rings. The summed E-state index contributed by atoms with van der Waals surface area (Å²) in [5.41, 5.74) is 0.0638. The van der Waals surface area contributed by atoms with Crippen LogP contribution in [0, 0.1) is 5.95 Å². The van der Waals surface area contributed by atoms with Crippen LogP contribution in [0.3, 0.4) is 0 Å². The Balaban J connectivity index is 0.000000555. The van der Waals surface area contributed by atoms with E-state index in [0.717, 1.165) is 0 Å². The summed E-state index contributed by atoms with van der Waals surface area (Å²) in [6.45, 7) is 0. The second-order valence-electron chi connectivity index (χ2n) is 6.38. The molecule has 37 heavy (non-hydrogen) atoms. The van der Waals surface area contributed by atoms with Crippen molar-refractivity contribution in [2.24, 2.45) is 0 Å². The molecule has 1 atom stereocenters. The van der Waals surface area contributed by atoms with Gasteiger partial charge < -0.3 is 4.55 Å². The van der Waals surface area contributed by atoms with E-state index in [1.807, 2.05) is 0 Å². The van der Waals surface area contributed by atoms with Gasteiger partial charge in [-0.25, -0.2) is 18.4 Å². The number of carbonyl (C=O) groups excluding carboxylic acids is 2. The molecular weight excluding hydrogens is 530 g/mol. The van der Waals surface area contributed by atoms with Crippen molar-refractivity contribution in [3.05, 3.63) is 114 Å². The number of aldehydes is 2. The van der Waals surface area contributed by atoms with Gasteiger partial charge in [0.15, 0.2) is 17.6 Å². The smallest absolute Gasteiger partial charge is 0.768 e. The zero-order valence-corrected chi connectivity index (χ0v) is 22.6. The van der Waals surface area contributed by atoms with E-state index in [-0.39, 0.29) is 58.0 Å². The van der Waals surface area contributed by atoms with Crippen molar-refractivity contribution in [1.29, 1.82) is 0 Å². The van der Waals surface area contributed by atoms with Crippen LogP contribution in [0.25, 0.3) is 0 Å². The second kappa shape index (κ2) is 17.5. The van der Waals surface area contributed by atoms with Crippen LogP contribution >= 0.6 is 0 Å². The van der Waals surface area contributed by atoms with Gasteiger partial charge in [-0.1, -0.05) is 43.8 Å². The molecule has 2 heterocycles. The first-order valence-electron chi connectivity index (χ1n) is 9.71. The van der Waals surface area contributed by atoms with Gasteiger partial charge in [0.2, 0.25) is 15.8 Å². The summed E-state index contributed by atoms with van der Waals surface area (Å²) < 4.78 is 57.0. The number of benzene rings is 2. The van der Waals surface area contributed by atoms with E-state index in [2.05, 4.69) is 9.97 Å². The second-order valence-corrected chi connectivity index (χ2v) is 9.19. The van der Waals surface area contributed by atoms with Gasteiger partial charge in [-0.15, -0.1) is 0 Å². The molecule has 1 unspecified atom stereocenters. The Morgan fingerprint density at radius 3 is 1.68 bits per heavy atom. The Bertz CT molecular complexity index is 1390. The molecule has 0 bridgehead atoms. The number of hydrogen-bond acceptors (Lipinski definition) is 8. The van der Waals surface area contributed by atoms with Crippen molar-refractivity contribution in [3.8, 4) is 0 Å². The number of carbonyl (C=O) groups is 2. The Morgan fingerprint density at radius 2 is 1.24 bits per heavy atom. The van der Waals surface area contributed by atoms with E-state index in [9.17, 15) is 31.2 Å². The number of pyridine rings is 2. The summed E-state index contributed by atoms with van der Waals surface area (Å²) in [7, 11) is -3.72. The monoisotopic (exact) mass is 552 g/mol. The fourth-order valence-corrected chi connectivity index (χ4v) is 4.19. The maximum Gasteiger partial charge on any atom is 1.00 e. The third-order valence-electron chi connectivity index (χ3n) is 4.09. The van der Waals surface area contributed by atoms with E-state index in [0.29, 0.717) is 17.5 Å². The zero-order valence-electron chi connectivity index (χ0n) is 18.9. The minimum atomic E-state index is -3.72. The molecule has 0 aliphatic heterocycles. The molecule has 188 valence electrons. The molecule has 0 radical (unpaired) electrons. The van der Waals surface area contributed by atoms with Gasteiger partial charge in [-0.2, -0.15) is 4.39 Å².